The minimum absolute atomic E-state index is 0.106. The van der Waals surface area contributed by atoms with E-state index in [4.69, 9.17) is 9.47 Å². The van der Waals surface area contributed by atoms with Crippen LogP contribution >= 0.6 is 0 Å². The highest BCUT2D eigenvalue weighted by Crippen LogP contribution is 2.05. The highest BCUT2D eigenvalue weighted by molar-refractivity contribution is 5.89. The van der Waals surface area contributed by atoms with E-state index in [1.165, 1.54) is 4.90 Å². The summed E-state index contributed by atoms with van der Waals surface area (Å²) in [6, 6.07) is 8.67. The Kier molecular flexibility index (Phi) is 6.56. The van der Waals surface area contributed by atoms with E-state index in [-0.39, 0.29) is 12.6 Å². The average Bonchev–Trinajstić information content (AvgIpc) is 2.43. The minimum atomic E-state index is -0.470. The van der Waals surface area contributed by atoms with Crippen LogP contribution in [0.5, 0.6) is 0 Å². The minimum Gasteiger partial charge on any atom is -0.450 e. The number of rotatable bonds is 6. The second kappa shape index (κ2) is 8.19. The number of ether oxygens (including phenoxy) is 2. The molecule has 0 aromatic heterocycles. The maximum Gasteiger partial charge on any atom is 0.412 e. The van der Waals surface area contributed by atoms with E-state index in [1.54, 1.807) is 31.2 Å². The third-order valence-corrected chi connectivity index (χ3v) is 2.47. The smallest absolute Gasteiger partial charge is 0.412 e. The molecule has 0 aliphatic carbocycles. The van der Waals surface area contributed by atoms with Crippen molar-refractivity contribution in [3.8, 4) is 0 Å². The van der Waals surface area contributed by atoms with Crippen LogP contribution in [-0.2, 0) is 9.47 Å². The summed E-state index contributed by atoms with van der Waals surface area (Å²) in [5.74, 6) is -0.196. The summed E-state index contributed by atoms with van der Waals surface area (Å²) in [4.78, 5) is 24.9. The van der Waals surface area contributed by atoms with Crippen LogP contribution in [0.4, 0.5) is 4.79 Å². The van der Waals surface area contributed by atoms with Crippen LogP contribution in [0, 0.1) is 5.92 Å². The van der Waals surface area contributed by atoms with E-state index in [9.17, 15) is 9.59 Å². The fraction of sp³-hybridized carbons (Fsp3) is 0.467. The van der Waals surface area contributed by atoms with Crippen LogP contribution in [0.1, 0.15) is 31.1 Å². The van der Waals surface area contributed by atoms with Crippen molar-refractivity contribution in [2.75, 3.05) is 19.9 Å². The van der Waals surface area contributed by atoms with Gasteiger partial charge in [0.15, 0.2) is 6.73 Å². The summed E-state index contributed by atoms with van der Waals surface area (Å²) in [7, 11) is 0. The lowest BCUT2D eigenvalue weighted by Gasteiger charge is -2.23. The maximum atomic E-state index is 11.8. The lowest BCUT2D eigenvalue weighted by Crippen LogP contribution is -2.37. The Morgan fingerprint density at radius 3 is 2.35 bits per heavy atom. The zero-order valence-electron chi connectivity index (χ0n) is 12.2. The van der Waals surface area contributed by atoms with Gasteiger partial charge in [-0.2, -0.15) is 0 Å². The van der Waals surface area contributed by atoms with Crippen molar-refractivity contribution in [1.82, 2.24) is 4.90 Å². The van der Waals surface area contributed by atoms with Crippen molar-refractivity contribution in [3.05, 3.63) is 35.9 Å². The molecule has 0 spiro atoms. The number of esters is 1. The third kappa shape index (κ3) is 5.30. The standard InChI is InChI=1S/C15H21NO4/c1-4-19-15(18)16(10-12(2)3)11-20-14(17)13-8-6-5-7-9-13/h5-9,12H,4,10-11H2,1-3H3. The van der Waals surface area contributed by atoms with Gasteiger partial charge in [-0.25, -0.2) is 9.59 Å². The summed E-state index contributed by atoms with van der Waals surface area (Å²) in [5.41, 5.74) is 0.459. The summed E-state index contributed by atoms with van der Waals surface area (Å²) in [6.07, 6.45) is -0.470. The molecule has 0 fully saturated rings. The van der Waals surface area contributed by atoms with Crippen LogP contribution < -0.4 is 0 Å². The Morgan fingerprint density at radius 2 is 1.80 bits per heavy atom. The Labute approximate surface area is 119 Å². The van der Waals surface area contributed by atoms with E-state index in [2.05, 4.69) is 0 Å². The molecule has 1 aromatic carbocycles. The molecule has 110 valence electrons. The number of carbonyl (C=O) groups is 2. The maximum absolute atomic E-state index is 11.8. The fourth-order valence-electron chi connectivity index (χ4n) is 1.63. The molecule has 1 aromatic rings. The molecular weight excluding hydrogens is 258 g/mol. The highest BCUT2D eigenvalue weighted by atomic mass is 16.6. The van der Waals surface area contributed by atoms with Gasteiger partial charge in [0, 0.05) is 6.54 Å². The van der Waals surface area contributed by atoms with Crippen molar-refractivity contribution in [3.63, 3.8) is 0 Å². The van der Waals surface area contributed by atoms with Gasteiger partial charge in [0.1, 0.15) is 0 Å². The molecule has 5 heteroatoms. The molecular formula is C15H21NO4. The summed E-state index contributed by atoms with van der Waals surface area (Å²) < 4.78 is 10.1. The van der Waals surface area contributed by atoms with Crippen LogP contribution in [0.2, 0.25) is 0 Å². The van der Waals surface area contributed by atoms with Gasteiger partial charge < -0.3 is 9.47 Å². The average molecular weight is 279 g/mol. The van der Waals surface area contributed by atoms with Crippen LogP contribution in [-0.4, -0.2) is 36.8 Å². The van der Waals surface area contributed by atoms with E-state index < -0.39 is 12.1 Å². The number of benzene rings is 1. The number of nitrogens with zero attached hydrogens (tertiary/aromatic N) is 1. The largest absolute Gasteiger partial charge is 0.450 e. The van der Waals surface area contributed by atoms with E-state index >= 15 is 0 Å². The second-order valence-corrected chi connectivity index (χ2v) is 4.74. The zero-order chi connectivity index (χ0) is 15.0. The van der Waals surface area contributed by atoms with E-state index in [1.807, 2.05) is 19.9 Å². The van der Waals surface area contributed by atoms with E-state index in [0.29, 0.717) is 18.7 Å². The van der Waals surface area contributed by atoms with Gasteiger partial charge in [-0.3, -0.25) is 4.90 Å². The van der Waals surface area contributed by atoms with Gasteiger partial charge in [0.25, 0.3) is 0 Å². The first-order valence-corrected chi connectivity index (χ1v) is 6.68. The molecule has 0 unspecified atom stereocenters. The molecule has 0 N–H and O–H groups in total. The van der Waals surface area contributed by atoms with Gasteiger partial charge in [0.05, 0.1) is 12.2 Å². The molecule has 0 atom stereocenters. The molecule has 1 amide bonds. The monoisotopic (exact) mass is 279 g/mol. The van der Waals surface area contributed by atoms with Crippen molar-refractivity contribution in [1.29, 1.82) is 0 Å². The molecule has 5 nitrogen and oxygen atoms in total. The van der Waals surface area contributed by atoms with Gasteiger partial charge in [-0.1, -0.05) is 32.0 Å². The Bertz CT molecular complexity index is 431. The first-order valence-electron chi connectivity index (χ1n) is 6.68. The molecule has 0 saturated heterocycles. The molecule has 20 heavy (non-hydrogen) atoms. The predicted octanol–water partition coefficient (Wildman–Crippen LogP) is 2.92. The van der Waals surface area contributed by atoms with Gasteiger partial charge in [0.2, 0.25) is 0 Å². The number of amides is 1. The van der Waals surface area contributed by atoms with Crippen molar-refractivity contribution in [2.45, 2.75) is 20.8 Å². The van der Waals surface area contributed by atoms with Gasteiger partial charge in [-0.05, 0) is 25.0 Å². The molecule has 0 bridgehead atoms. The van der Waals surface area contributed by atoms with Crippen molar-refractivity contribution >= 4 is 12.1 Å². The van der Waals surface area contributed by atoms with Crippen LogP contribution in [0.25, 0.3) is 0 Å². The Balaban J connectivity index is 2.57. The van der Waals surface area contributed by atoms with Gasteiger partial charge >= 0.3 is 12.1 Å². The second-order valence-electron chi connectivity index (χ2n) is 4.74. The molecule has 0 heterocycles. The van der Waals surface area contributed by atoms with E-state index in [0.717, 1.165) is 0 Å². The lowest BCUT2D eigenvalue weighted by atomic mass is 10.2. The summed E-state index contributed by atoms with van der Waals surface area (Å²) >= 11 is 0. The molecule has 0 aliphatic heterocycles. The van der Waals surface area contributed by atoms with Crippen molar-refractivity contribution in [2.24, 2.45) is 5.92 Å². The normalized spacial score (nSPS) is 10.2. The first kappa shape index (κ1) is 16.0. The van der Waals surface area contributed by atoms with Crippen molar-refractivity contribution < 1.29 is 19.1 Å². The SMILES string of the molecule is CCOC(=O)N(COC(=O)c1ccccc1)CC(C)C. The molecule has 0 saturated carbocycles. The predicted molar refractivity (Wildman–Crippen MR) is 75.3 cm³/mol. The Morgan fingerprint density at radius 1 is 1.15 bits per heavy atom. The number of hydrogen-bond donors (Lipinski definition) is 0. The highest BCUT2D eigenvalue weighted by Gasteiger charge is 2.18. The van der Waals surface area contributed by atoms with Gasteiger partial charge in [-0.15, -0.1) is 0 Å². The summed E-state index contributed by atoms with van der Waals surface area (Å²) in [5, 5.41) is 0. The quantitative estimate of drug-likeness (QED) is 0.593. The zero-order valence-corrected chi connectivity index (χ0v) is 12.2. The number of hydrogen-bond acceptors (Lipinski definition) is 4. The summed E-state index contributed by atoms with van der Waals surface area (Å²) in [6.45, 7) is 6.35. The Hall–Kier alpha value is -2.04. The molecule has 1 rings (SSSR count). The lowest BCUT2D eigenvalue weighted by molar-refractivity contribution is 0.0161. The third-order valence-electron chi connectivity index (χ3n) is 2.47. The topological polar surface area (TPSA) is 55.8 Å². The fourth-order valence-corrected chi connectivity index (χ4v) is 1.63. The molecule has 0 radical (unpaired) electrons. The number of carbonyl (C=O) groups excluding carboxylic acids is 2. The van der Waals surface area contributed by atoms with Crippen LogP contribution in [0.3, 0.4) is 0 Å². The van der Waals surface area contributed by atoms with Crippen LogP contribution in [0.15, 0.2) is 30.3 Å². The first-order chi connectivity index (χ1) is 9.54. The molecule has 0 aliphatic rings.